The number of hydrogen-bond donors (Lipinski definition) is 0. The standard InChI is InChI=1S/C19H20O6/c1-4-16(15-8-6-5-7-9-15)24-19-11-10-17(23-14(3)21)18(25-19)12-22-13(2)20/h1,5-11,16-19H,12H2,2-3H3/t16-,17-,18?,19-/m0/s1. The maximum atomic E-state index is 11.2. The van der Waals surface area contributed by atoms with E-state index in [1.165, 1.54) is 13.8 Å². The molecule has 1 aliphatic heterocycles. The molecule has 0 saturated heterocycles. The van der Waals surface area contributed by atoms with E-state index in [2.05, 4.69) is 5.92 Å². The summed E-state index contributed by atoms with van der Waals surface area (Å²) in [4.78, 5) is 22.3. The molecular formula is C19H20O6. The fourth-order valence-corrected chi connectivity index (χ4v) is 2.31. The van der Waals surface area contributed by atoms with Gasteiger partial charge in [-0.05, 0) is 17.7 Å². The summed E-state index contributed by atoms with van der Waals surface area (Å²) in [5, 5.41) is 0. The van der Waals surface area contributed by atoms with Gasteiger partial charge in [-0.15, -0.1) is 6.42 Å². The van der Waals surface area contributed by atoms with Crippen LogP contribution in [0.25, 0.3) is 0 Å². The van der Waals surface area contributed by atoms with Crippen LogP contribution in [-0.2, 0) is 28.5 Å². The topological polar surface area (TPSA) is 71.1 Å². The second kappa shape index (κ2) is 9.02. The van der Waals surface area contributed by atoms with Gasteiger partial charge in [-0.2, -0.15) is 0 Å². The van der Waals surface area contributed by atoms with Gasteiger partial charge in [0, 0.05) is 13.8 Å². The van der Waals surface area contributed by atoms with Crippen LogP contribution in [0.15, 0.2) is 42.5 Å². The van der Waals surface area contributed by atoms with Crippen LogP contribution >= 0.6 is 0 Å². The van der Waals surface area contributed by atoms with Crippen molar-refractivity contribution in [3.63, 3.8) is 0 Å². The summed E-state index contributed by atoms with van der Waals surface area (Å²) < 4.78 is 21.7. The van der Waals surface area contributed by atoms with Crippen LogP contribution in [0.5, 0.6) is 0 Å². The average Bonchev–Trinajstić information content (AvgIpc) is 2.59. The predicted octanol–water partition coefficient (Wildman–Crippen LogP) is 2.15. The molecule has 6 nitrogen and oxygen atoms in total. The molecule has 0 aliphatic carbocycles. The number of carbonyl (C=O) groups is 2. The number of rotatable bonds is 6. The van der Waals surface area contributed by atoms with Gasteiger partial charge in [-0.1, -0.05) is 36.3 Å². The summed E-state index contributed by atoms with van der Waals surface area (Å²) >= 11 is 0. The van der Waals surface area contributed by atoms with Gasteiger partial charge < -0.3 is 18.9 Å². The Hall–Kier alpha value is -2.62. The summed E-state index contributed by atoms with van der Waals surface area (Å²) in [6.07, 6.45) is 6.10. The number of carbonyl (C=O) groups excluding carboxylic acids is 2. The first-order valence-electron chi connectivity index (χ1n) is 7.80. The third kappa shape index (κ3) is 5.75. The van der Waals surface area contributed by atoms with Crippen molar-refractivity contribution in [2.45, 2.75) is 38.4 Å². The maximum absolute atomic E-state index is 11.2. The van der Waals surface area contributed by atoms with Crippen molar-refractivity contribution in [3.8, 4) is 12.3 Å². The molecule has 0 amide bonds. The van der Waals surface area contributed by atoms with Crippen molar-refractivity contribution >= 4 is 11.9 Å². The zero-order valence-electron chi connectivity index (χ0n) is 14.1. The summed E-state index contributed by atoms with van der Waals surface area (Å²) in [6.45, 7) is 2.52. The van der Waals surface area contributed by atoms with Crippen molar-refractivity contribution in [1.29, 1.82) is 0 Å². The summed E-state index contributed by atoms with van der Waals surface area (Å²) in [6, 6.07) is 9.32. The first-order chi connectivity index (χ1) is 12.0. The van der Waals surface area contributed by atoms with Crippen LogP contribution in [-0.4, -0.2) is 37.0 Å². The molecule has 0 bridgehead atoms. The quantitative estimate of drug-likeness (QED) is 0.447. The lowest BCUT2D eigenvalue weighted by atomic mass is 10.1. The fraction of sp³-hybridized carbons (Fsp3) is 0.368. The van der Waals surface area contributed by atoms with Gasteiger partial charge in [0.15, 0.2) is 6.29 Å². The van der Waals surface area contributed by atoms with Gasteiger partial charge in [-0.25, -0.2) is 0 Å². The Morgan fingerprint density at radius 1 is 1.20 bits per heavy atom. The Balaban J connectivity index is 2.07. The molecule has 0 fully saturated rings. The number of ether oxygens (including phenoxy) is 4. The summed E-state index contributed by atoms with van der Waals surface area (Å²) in [5.74, 6) is 1.65. The molecular weight excluding hydrogens is 324 g/mol. The first kappa shape index (κ1) is 18.7. The molecule has 4 atom stereocenters. The van der Waals surface area contributed by atoms with Gasteiger partial charge in [-0.3, -0.25) is 9.59 Å². The van der Waals surface area contributed by atoms with Crippen molar-refractivity contribution in [3.05, 3.63) is 48.0 Å². The smallest absolute Gasteiger partial charge is 0.303 e. The molecule has 0 aromatic heterocycles. The number of benzene rings is 1. The monoisotopic (exact) mass is 344 g/mol. The Labute approximate surface area is 146 Å². The molecule has 1 heterocycles. The number of hydrogen-bond acceptors (Lipinski definition) is 6. The van der Waals surface area contributed by atoms with E-state index >= 15 is 0 Å². The molecule has 0 radical (unpaired) electrons. The molecule has 1 aliphatic rings. The molecule has 0 spiro atoms. The van der Waals surface area contributed by atoms with Crippen LogP contribution in [0, 0.1) is 12.3 Å². The van der Waals surface area contributed by atoms with E-state index in [0.717, 1.165) is 5.56 Å². The Bertz CT molecular complexity index is 660. The van der Waals surface area contributed by atoms with E-state index in [-0.39, 0.29) is 6.61 Å². The molecule has 2 rings (SSSR count). The molecule has 0 N–H and O–H groups in total. The van der Waals surface area contributed by atoms with Crippen molar-refractivity contribution in [2.24, 2.45) is 0 Å². The molecule has 1 aromatic carbocycles. The largest absolute Gasteiger partial charge is 0.463 e. The highest BCUT2D eigenvalue weighted by molar-refractivity contribution is 5.66. The zero-order chi connectivity index (χ0) is 18.2. The summed E-state index contributed by atoms with van der Waals surface area (Å²) in [5.41, 5.74) is 0.820. The lowest BCUT2D eigenvalue weighted by molar-refractivity contribution is -0.204. The Kier molecular flexibility index (Phi) is 6.75. The Morgan fingerprint density at radius 2 is 1.92 bits per heavy atom. The van der Waals surface area contributed by atoms with Gasteiger partial charge in [0.2, 0.25) is 0 Å². The minimum Gasteiger partial charge on any atom is -0.463 e. The highest BCUT2D eigenvalue weighted by Gasteiger charge is 2.32. The maximum Gasteiger partial charge on any atom is 0.303 e. The lowest BCUT2D eigenvalue weighted by Crippen LogP contribution is -2.42. The van der Waals surface area contributed by atoms with Gasteiger partial charge in [0.25, 0.3) is 0 Å². The summed E-state index contributed by atoms with van der Waals surface area (Å²) in [7, 11) is 0. The van der Waals surface area contributed by atoms with Crippen molar-refractivity contribution < 1.29 is 28.5 Å². The van der Waals surface area contributed by atoms with Gasteiger partial charge in [0.05, 0.1) is 0 Å². The average molecular weight is 344 g/mol. The third-order valence-corrected chi connectivity index (χ3v) is 3.41. The van der Waals surface area contributed by atoms with E-state index in [9.17, 15) is 9.59 Å². The first-order valence-corrected chi connectivity index (χ1v) is 7.80. The highest BCUT2D eigenvalue weighted by atomic mass is 16.7. The minimum absolute atomic E-state index is 0.0659. The van der Waals surface area contributed by atoms with Crippen LogP contribution in [0.2, 0.25) is 0 Å². The molecule has 0 saturated carbocycles. The van der Waals surface area contributed by atoms with Crippen LogP contribution in [0.3, 0.4) is 0 Å². The molecule has 25 heavy (non-hydrogen) atoms. The molecule has 1 aromatic rings. The van der Waals surface area contributed by atoms with Crippen LogP contribution in [0.1, 0.15) is 25.5 Å². The minimum atomic E-state index is -0.756. The van der Waals surface area contributed by atoms with Gasteiger partial charge >= 0.3 is 11.9 Å². The molecule has 132 valence electrons. The SMILES string of the molecule is C#C[C@H](O[C@@H]1C=C[C@H](OC(C)=O)C(COC(C)=O)O1)c1ccccc1. The van der Waals surface area contributed by atoms with Gasteiger partial charge in [0.1, 0.15) is 24.9 Å². The fourth-order valence-electron chi connectivity index (χ4n) is 2.31. The lowest BCUT2D eigenvalue weighted by Gasteiger charge is -2.32. The predicted molar refractivity (Wildman–Crippen MR) is 89.1 cm³/mol. The van der Waals surface area contributed by atoms with E-state index < -0.39 is 36.5 Å². The van der Waals surface area contributed by atoms with E-state index in [1.807, 2.05) is 30.3 Å². The van der Waals surface area contributed by atoms with E-state index in [1.54, 1.807) is 12.2 Å². The van der Waals surface area contributed by atoms with E-state index in [0.29, 0.717) is 0 Å². The van der Waals surface area contributed by atoms with Crippen molar-refractivity contribution in [2.75, 3.05) is 6.61 Å². The molecule has 1 unspecified atom stereocenters. The van der Waals surface area contributed by atoms with Crippen molar-refractivity contribution in [1.82, 2.24) is 0 Å². The van der Waals surface area contributed by atoms with Crippen LogP contribution in [0.4, 0.5) is 0 Å². The second-order valence-electron chi connectivity index (χ2n) is 5.40. The Morgan fingerprint density at radius 3 is 2.52 bits per heavy atom. The van der Waals surface area contributed by atoms with E-state index in [4.69, 9.17) is 25.4 Å². The molecule has 6 heteroatoms. The van der Waals surface area contributed by atoms with Crippen LogP contribution < -0.4 is 0 Å². The third-order valence-electron chi connectivity index (χ3n) is 3.41. The normalized spacial score (nSPS) is 23.3. The number of esters is 2. The zero-order valence-corrected chi connectivity index (χ0v) is 14.1. The highest BCUT2D eigenvalue weighted by Crippen LogP contribution is 2.24. The number of terminal acetylenes is 1. The second-order valence-corrected chi connectivity index (χ2v) is 5.40.